The van der Waals surface area contributed by atoms with Crippen LogP contribution in [0.2, 0.25) is 0 Å². The number of carbonyl (C=O) groups is 1. The highest BCUT2D eigenvalue weighted by molar-refractivity contribution is 6.00. The van der Waals surface area contributed by atoms with E-state index in [1.807, 2.05) is 20.8 Å². The van der Waals surface area contributed by atoms with Crippen molar-refractivity contribution in [2.75, 3.05) is 0 Å². The van der Waals surface area contributed by atoms with Crippen LogP contribution in [0.25, 0.3) is 0 Å². The van der Waals surface area contributed by atoms with E-state index in [2.05, 4.69) is 10.3 Å². The lowest BCUT2D eigenvalue weighted by molar-refractivity contribution is -0.125. The second kappa shape index (κ2) is 2.64. The molecule has 0 bridgehead atoms. The lowest BCUT2D eigenvalue weighted by Gasteiger charge is -2.25. The monoisotopic (exact) mass is 154 g/mol. The molecule has 1 atom stereocenters. The minimum atomic E-state index is -0.486. The molecule has 0 aliphatic carbocycles. The molecule has 11 heavy (non-hydrogen) atoms. The molecule has 0 radical (unpaired) electrons. The first-order chi connectivity index (χ1) is 5.13. The molecule has 1 amide bonds. The van der Waals surface area contributed by atoms with Crippen LogP contribution in [0, 0.1) is 5.92 Å². The summed E-state index contributed by atoms with van der Waals surface area (Å²) in [4.78, 5) is 15.5. The number of amides is 1. The second-order valence-corrected chi connectivity index (χ2v) is 3.16. The standard InChI is InChI=1S/C8H14N2O/c1-4-8(6(2)3)7(11)9-5-10-8/h5-6H,4H2,1-3H3,(H,9,10,11). The summed E-state index contributed by atoms with van der Waals surface area (Å²) in [5.41, 5.74) is -0.486. The van der Waals surface area contributed by atoms with Crippen LogP contribution in [-0.2, 0) is 4.79 Å². The Morgan fingerprint density at radius 1 is 1.73 bits per heavy atom. The van der Waals surface area contributed by atoms with Crippen LogP contribution in [0.4, 0.5) is 0 Å². The molecule has 0 spiro atoms. The topological polar surface area (TPSA) is 41.5 Å². The van der Waals surface area contributed by atoms with Crippen molar-refractivity contribution >= 4 is 12.2 Å². The van der Waals surface area contributed by atoms with Crippen LogP contribution < -0.4 is 5.32 Å². The number of nitrogens with one attached hydrogen (secondary N) is 1. The summed E-state index contributed by atoms with van der Waals surface area (Å²) < 4.78 is 0. The maximum Gasteiger partial charge on any atom is 0.253 e. The van der Waals surface area contributed by atoms with Gasteiger partial charge in [-0.2, -0.15) is 0 Å². The third-order valence-corrected chi connectivity index (χ3v) is 2.38. The lowest BCUT2D eigenvalue weighted by Crippen LogP contribution is -2.42. The quantitative estimate of drug-likeness (QED) is 0.632. The van der Waals surface area contributed by atoms with E-state index in [1.165, 1.54) is 6.34 Å². The smallest absolute Gasteiger partial charge is 0.253 e. The van der Waals surface area contributed by atoms with Gasteiger partial charge in [-0.1, -0.05) is 20.8 Å². The fourth-order valence-corrected chi connectivity index (χ4v) is 1.46. The Hall–Kier alpha value is -0.860. The van der Waals surface area contributed by atoms with Crippen molar-refractivity contribution in [3.63, 3.8) is 0 Å². The minimum Gasteiger partial charge on any atom is -0.315 e. The fraction of sp³-hybridized carbons (Fsp3) is 0.750. The van der Waals surface area contributed by atoms with Gasteiger partial charge >= 0.3 is 0 Å². The highest BCUT2D eigenvalue weighted by Gasteiger charge is 2.41. The SMILES string of the molecule is CCC1(C(C)C)N=CNC1=O. The van der Waals surface area contributed by atoms with Crippen molar-refractivity contribution in [2.24, 2.45) is 10.9 Å². The van der Waals surface area contributed by atoms with E-state index < -0.39 is 5.54 Å². The molecule has 3 heteroatoms. The molecule has 0 aromatic heterocycles. The molecule has 0 fully saturated rings. The zero-order valence-corrected chi connectivity index (χ0v) is 7.22. The van der Waals surface area contributed by atoms with Crippen molar-refractivity contribution < 1.29 is 4.79 Å². The first kappa shape index (κ1) is 8.24. The predicted octanol–water partition coefficient (Wildman–Crippen LogP) is 0.949. The Balaban J connectivity index is 2.91. The normalized spacial score (nSPS) is 29.6. The number of nitrogens with zero attached hydrogens (tertiary/aromatic N) is 1. The zero-order chi connectivity index (χ0) is 8.48. The molecule has 0 saturated heterocycles. The summed E-state index contributed by atoms with van der Waals surface area (Å²) in [6.45, 7) is 6.03. The number of hydrogen-bond acceptors (Lipinski definition) is 2. The van der Waals surface area contributed by atoms with Crippen LogP contribution in [0.5, 0.6) is 0 Å². The van der Waals surface area contributed by atoms with E-state index in [9.17, 15) is 4.79 Å². The van der Waals surface area contributed by atoms with Gasteiger partial charge in [0.2, 0.25) is 0 Å². The summed E-state index contributed by atoms with van der Waals surface area (Å²) in [6.07, 6.45) is 2.28. The van der Waals surface area contributed by atoms with E-state index in [4.69, 9.17) is 0 Å². The van der Waals surface area contributed by atoms with Gasteiger partial charge in [-0.3, -0.25) is 9.79 Å². The van der Waals surface area contributed by atoms with Crippen LogP contribution >= 0.6 is 0 Å². The van der Waals surface area contributed by atoms with E-state index >= 15 is 0 Å². The van der Waals surface area contributed by atoms with Crippen LogP contribution in [-0.4, -0.2) is 17.8 Å². The number of hydrogen-bond donors (Lipinski definition) is 1. The number of aliphatic imine (C=N–C) groups is 1. The molecular weight excluding hydrogens is 140 g/mol. The van der Waals surface area contributed by atoms with Gasteiger partial charge in [0.1, 0.15) is 5.54 Å². The van der Waals surface area contributed by atoms with Crippen molar-refractivity contribution in [3.8, 4) is 0 Å². The minimum absolute atomic E-state index is 0.0370. The van der Waals surface area contributed by atoms with Crippen LogP contribution in [0.3, 0.4) is 0 Å². The van der Waals surface area contributed by atoms with Gasteiger partial charge < -0.3 is 5.32 Å². The molecule has 1 heterocycles. The average molecular weight is 154 g/mol. The fourth-order valence-electron chi connectivity index (χ4n) is 1.46. The highest BCUT2D eigenvalue weighted by Crippen LogP contribution is 2.27. The first-order valence-corrected chi connectivity index (χ1v) is 3.98. The molecule has 1 rings (SSSR count). The van der Waals surface area contributed by atoms with Crippen molar-refractivity contribution in [2.45, 2.75) is 32.7 Å². The van der Waals surface area contributed by atoms with Gasteiger partial charge in [-0.25, -0.2) is 0 Å². The number of carbonyl (C=O) groups excluding carboxylic acids is 1. The van der Waals surface area contributed by atoms with Gasteiger partial charge in [-0.15, -0.1) is 0 Å². The molecule has 0 saturated carbocycles. The second-order valence-electron chi connectivity index (χ2n) is 3.16. The predicted molar refractivity (Wildman–Crippen MR) is 44.5 cm³/mol. The number of rotatable bonds is 2. The van der Waals surface area contributed by atoms with Gasteiger partial charge in [0.15, 0.2) is 0 Å². The summed E-state index contributed by atoms with van der Waals surface area (Å²) in [5.74, 6) is 0.307. The van der Waals surface area contributed by atoms with E-state index in [0.717, 1.165) is 6.42 Å². The van der Waals surface area contributed by atoms with Crippen molar-refractivity contribution in [1.29, 1.82) is 0 Å². The molecule has 1 N–H and O–H groups in total. The summed E-state index contributed by atoms with van der Waals surface area (Å²) in [5, 5.41) is 2.61. The molecular formula is C8H14N2O. The molecule has 0 aromatic carbocycles. The third-order valence-electron chi connectivity index (χ3n) is 2.38. The Morgan fingerprint density at radius 3 is 2.55 bits per heavy atom. The summed E-state index contributed by atoms with van der Waals surface area (Å²) >= 11 is 0. The van der Waals surface area contributed by atoms with E-state index in [-0.39, 0.29) is 11.8 Å². The van der Waals surface area contributed by atoms with Gasteiger partial charge in [0.25, 0.3) is 5.91 Å². The Labute approximate surface area is 66.9 Å². The van der Waals surface area contributed by atoms with E-state index in [1.54, 1.807) is 0 Å². The zero-order valence-electron chi connectivity index (χ0n) is 7.22. The van der Waals surface area contributed by atoms with Gasteiger partial charge in [0, 0.05) is 0 Å². The molecule has 62 valence electrons. The highest BCUT2D eigenvalue weighted by atomic mass is 16.2. The molecule has 1 aliphatic rings. The van der Waals surface area contributed by atoms with E-state index in [0.29, 0.717) is 0 Å². The molecule has 0 aromatic rings. The first-order valence-electron chi connectivity index (χ1n) is 3.98. The van der Waals surface area contributed by atoms with Gasteiger partial charge in [0.05, 0.1) is 6.34 Å². The van der Waals surface area contributed by atoms with Crippen molar-refractivity contribution in [1.82, 2.24) is 5.32 Å². The Kier molecular flexibility index (Phi) is 1.98. The summed E-state index contributed by atoms with van der Waals surface area (Å²) in [7, 11) is 0. The maximum absolute atomic E-state index is 11.3. The lowest BCUT2D eigenvalue weighted by atomic mass is 9.84. The Morgan fingerprint density at radius 2 is 2.36 bits per heavy atom. The van der Waals surface area contributed by atoms with Gasteiger partial charge in [-0.05, 0) is 12.3 Å². The Bertz CT molecular complexity index is 198. The molecule has 1 aliphatic heterocycles. The summed E-state index contributed by atoms with van der Waals surface area (Å²) in [6, 6.07) is 0. The molecule has 1 unspecified atom stereocenters. The van der Waals surface area contributed by atoms with Crippen LogP contribution in [0.15, 0.2) is 4.99 Å². The third kappa shape index (κ3) is 1.04. The average Bonchev–Trinajstić information content (AvgIpc) is 2.32. The largest absolute Gasteiger partial charge is 0.315 e. The van der Waals surface area contributed by atoms with Crippen molar-refractivity contribution in [3.05, 3.63) is 0 Å². The molecule has 3 nitrogen and oxygen atoms in total. The van der Waals surface area contributed by atoms with Crippen LogP contribution in [0.1, 0.15) is 27.2 Å². The maximum atomic E-state index is 11.3.